The minimum Gasteiger partial charge on any atom is -0.391 e. The van der Waals surface area contributed by atoms with Crippen LogP contribution in [0.4, 0.5) is 4.39 Å². The summed E-state index contributed by atoms with van der Waals surface area (Å²) >= 11 is 0. The minimum absolute atomic E-state index is 0.0688. The van der Waals surface area contributed by atoms with Gasteiger partial charge in [0, 0.05) is 12.5 Å². The Balaban J connectivity index is 1.43. The summed E-state index contributed by atoms with van der Waals surface area (Å²) in [5.74, 6) is -0.230. The van der Waals surface area contributed by atoms with Crippen LogP contribution in [-0.2, 0) is 17.8 Å². The van der Waals surface area contributed by atoms with Crippen LogP contribution in [0.1, 0.15) is 43.7 Å². The number of ether oxygens (including phenoxy) is 1. The quantitative estimate of drug-likeness (QED) is 0.686. The van der Waals surface area contributed by atoms with Crippen LogP contribution in [0, 0.1) is 5.82 Å². The second-order valence-electron chi connectivity index (χ2n) is 7.72. The van der Waals surface area contributed by atoms with E-state index in [1.165, 1.54) is 17.7 Å². The molecule has 2 aromatic carbocycles. The molecule has 0 amide bonds. The largest absolute Gasteiger partial charge is 0.391 e. The summed E-state index contributed by atoms with van der Waals surface area (Å²) in [6.07, 6.45) is 4.46. The SMILES string of the molecule is CCN(CCCc1ccccc1)[C@@H]1CC[C@H](OCc2ccc(F)cc2)C[C@H]1O. The molecule has 28 heavy (non-hydrogen) atoms. The Bertz CT molecular complexity index is 692. The van der Waals surface area contributed by atoms with Gasteiger partial charge in [-0.15, -0.1) is 0 Å². The lowest BCUT2D eigenvalue weighted by Crippen LogP contribution is -2.48. The number of aryl methyl sites for hydroxylation is 1. The zero-order valence-electron chi connectivity index (χ0n) is 16.8. The van der Waals surface area contributed by atoms with Gasteiger partial charge in [0.15, 0.2) is 0 Å². The van der Waals surface area contributed by atoms with E-state index >= 15 is 0 Å². The molecular formula is C24H32FNO2. The van der Waals surface area contributed by atoms with E-state index in [1.54, 1.807) is 12.1 Å². The molecule has 1 aliphatic carbocycles. The first-order valence-corrected chi connectivity index (χ1v) is 10.5. The number of aliphatic hydroxyl groups is 1. The number of hydrogen-bond donors (Lipinski definition) is 1. The van der Waals surface area contributed by atoms with Crippen molar-refractivity contribution in [2.24, 2.45) is 0 Å². The Hall–Kier alpha value is -1.75. The molecule has 1 saturated carbocycles. The van der Waals surface area contributed by atoms with Gasteiger partial charge in [-0.3, -0.25) is 4.90 Å². The molecule has 0 radical (unpaired) electrons. The number of rotatable bonds is 9. The Morgan fingerprint density at radius 3 is 2.46 bits per heavy atom. The lowest BCUT2D eigenvalue weighted by molar-refractivity contribution is -0.0601. The molecule has 0 bridgehead atoms. The Morgan fingerprint density at radius 2 is 1.79 bits per heavy atom. The molecule has 4 heteroatoms. The first-order chi connectivity index (χ1) is 13.7. The Morgan fingerprint density at radius 1 is 1.04 bits per heavy atom. The van der Waals surface area contributed by atoms with Crippen LogP contribution in [0.15, 0.2) is 54.6 Å². The van der Waals surface area contributed by atoms with Crippen LogP contribution in [-0.4, -0.2) is 41.3 Å². The summed E-state index contributed by atoms with van der Waals surface area (Å²) in [5, 5.41) is 10.7. The molecule has 0 unspecified atom stereocenters. The predicted octanol–water partition coefficient (Wildman–Crippen LogP) is 4.58. The zero-order chi connectivity index (χ0) is 19.8. The van der Waals surface area contributed by atoms with Gasteiger partial charge >= 0.3 is 0 Å². The molecule has 3 nitrogen and oxygen atoms in total. The van der Waals surface area contributed by atoms with Crippen molar-refractivity contribution in [1.82, 2.24) is 4.90 Å². The van der Waals surface area contributed by atoms with Crippen molar-refractivity contribution in [2.75, 3.05) is 13.1 Å². The van der Waals surface area contributed by atoms with E-state index in [0.717, 1.165) is 44.3 Å². The number of likely N-dealkylation sites (N-methyl/N-ethyl adjacent to an activating group) is 1. The Kier molecular flexibility index (Phi) is 8.01. The summed E-state index contributed by atoms with van der Waals surface area (Å²) in [5.41, 5.74) is 2.34. The maximum Gasteiger partial charge on any atom is 0.123 e. The van der Waals surface area contributed by atoms with E-state index in [1.807, 2.05) is 0 Å². The summed E-state index contributed by atoms with van der Waals surface area (Å²) in [4.78, 5) is 2.42. The first kappa shape index (κ1) is 21.0. The highest BCUT2D eigenvalue weighted by Gasteiger charge is 2.32. The molecule has 1 aliphatic rings. The van der Waals surface area contributed by atoms with E-state index in [2.05, 4.69) is 42.2 Å². The summed E-state index contributed by atoms with van der Waals surface area (Å²) in [6.45, 7) is 4.61. The maximum atomic E-state index is 13.0. The molecule has 3 atom stereocenters. The molecule has 0 spiro atoms. The molecule has 0 aromatic heterocycles. The van der Waals surface area contributed by atoms with Crippen molar-refractivity contribution in [2.45, 2.75) is 63.9 Å². The molecule has 152 valence electrons. The van der Waals surface area contributed by atoms with Crippen LogP contribution in [0.2, 0.25) is 0 Å². The zero-order valence-corrected chi connectivity index (χ0v) is 16.8. The number of aliphatic hydroxyl groups excluding tert-OH is 1. The minimum atomic E-state index is -0.358. The van der Waals surface area contributed by atoms with Gasteiger partial charge in [-0.05, 0) is 62.0 Å². The molecule has 2 aromatic rings. The van der Waals surface area contributed by atoms with E-state index in [9.17, 15) is 9.50 Å². The van der Waals surface area contributed by atoms with Gasteiger partial charge in [-0.2, -0.15) is 0 Å². The molecule has 0 saturated heterocycles. The first-order valence-electron chi connectivity index (χ1n) is 10.5. The number of benzene rings is 2. The highest BCUT2D eigenvalue weighted by Crippen LogP contribution is 2.27. The monoisotopic (exact) mass is 385 g/mol. The van der Waals surface area contributed by atoms with E-state index in [4.69, 9.17) is 4.74 Å². The van der Waals surface area contributed by atoms with Gasteiger partial charge in [0.25, 0.3) is 0 Å². The fraction of sp³-hybridized carbons (Fsp3) is 0.500. The highest BCUT2D eigenvalue weighted by atomic mass is 19.1. The number of nitrogens with zero attached hydrogens (tertiary/aromatic N) is 1. The fourth-order valence-electron chi connectivity index (χ4n) is 4.15. The molecule has 3 rings (SSSR count). The third-order valence-corrected chi connectivity index (χ3v) is 5.76. The van der Waals surface area contributed by atoms with Crippen LogP contribution >= 0.6 is 0 Å². The second kappa shape index (κ2) is 10.7. The van der Waals surface area contributed by atoms with E-state index < -0.39 is 0 Å². The molecule has 1 N–H and O–H groups in total. The van der Waals surface area contributed by atoms with Crippen molar-refractivity contribution in [3.8, 4) is 0 Å². The number of hydrogen-bond acceptors (Lipinski definition) is 3. The lowest BCUT2D eigenvalue weighted by atomic mass is 9.89. The standard InChI is InChI=1S/C24H32FNO2/c1-2-26(16-6-9-19-7-4-3-5-8-19)23-15-14-22(17-24(23)27)28-18-20-10-12-21(25)13-11-20/h3-5,7-8,10-13,22-24,27H,2,6,9,14-18H2,1H3/t22-,23+,24+/m0/s1. The van der Waals surface area contributed by atoms with Crippen molar-refractivity contribution >= 4 is 0 Å². The molecule has 0 aliphatic heterocycles. The highest BCUT2D eigenvalue weighted by molar-refractivity contribution is 5.15. The van der Waals surface area contributed by atoms with Crippen molar-refractivity contribution < 1.29 is 14.2 Å². The van der Waals surface area contributed by atoms with Crippen LogP contribution in [0.5, 0.6) is 0 Å². The summed E-state index contributed by atoms with van der Waals surface area (Å²) in [6, 6.07) is 17.2. The van der Waals surface area contributed by atoms with Gasteiger partial charge in [0.2, 0.25) is 0 Å². The molecule has 0 heterocycles. The van der Waals surface area contributed by atoms with E-state index in [-0.39, 0.29) is 24.1 Å². The van der Waals surface area contributed by atoms with E-state index in [0.29, 0.717) is 13.0 Å². The normalized spacial score (nSPS) is 22.5. The third-order valence-electron chi connectivity index (χ3n) is 5.76. The van der Waals surface area contributed by atoms with Crippen molar-refractivity contribution in [1.29, 1.82) is 0 Å². The Labute approximate surface area is 168 Å². The molecular weight excluding hydrogens is 353 g/mol. The maximum absolute atomic E-state index is 13.0. The lowest BCUT2D eigenvalue weighted by Gasteiger charge is -2.40. The van der Waals surface area contributed by atoms with Crippen LogP contribution < -0.4 is 0 Å². The van der Waals surface area contributed by atoms with Crippen LogP contribution in [0.25, 0.3) is 0 Å². The smallest absolute Gasteiger partial charge is 0.123 e. The topological polar surface area (TPSA) is 32.7 Å². The van der Waals surface area contributed by atoms with Gasteiger partial charge in [-0.25, -0.2) is 4.39 Å². The van der Waals surface area contributed by atoms with Crippen molar-refractivity contribution in [3.63, 3.8) is 0 Å². The van der Waals surface area contributed by atoms with Crippen molar-refractivity contribution in [3.05, 3.63) is 71.5 Å². The summed E-state index contributed by atoms with van der Waals surface area (Å²) < 4.78 is 19.0. The van der Waals surface area contributed by atoms with Gasteiger partial charge in [-0.1, -0.05) is 49.4 Å². The van der Waals surface area contributed by atoms with Gasteiger partial charge in [0.05, 0.1) is 18.8 Å². The average molecular weight is 386 g/mol. The van der Waals surface area contributed by atoms with Gasteiger partial charge < -0.3 is 9.84 Å². The second-order valence-corrected chi connectivity index (χ2v) is 7.72. The predicted molar refractivity (Wildman–Crippen MR) is 111 cm³/mol. The summed E-state index contributed by atoms with van der Waals surface area (Å²) in [7, 11) is 0. The average Bonchev–Trinajstić information content (AvgIpc) is 2.72. The van der Waals surface area contributed by atoms with Crippen LogP contribution in [0.3, 0.4) is 0 Å². The number of halogens is 1. The molecule has 1 fully saturated rings. The fourth-order valence-corrected chi connectivity index (χ4v) is 4.15. The van der Waals surface area contributed by atoms with Gasteiger partial charge in [0.1, 0.15) is 5.82 Å². The third kappa shape index (κ3) is 6.13.